The summed E-state index contributed by atoms with van der Waals surface area (Å²) in [4.78, 5) is 39.0. The van der Waals surface area contributed by atoms with E-state index in [1.54, 1.807) is 41.5 Å². The average Bonchev–Trinajstić information content (AvgIpc) is 2.75. The Kier molecular flexibility index (Phi) is 7.46. The number of rotatable bonds is 3. The van der Waals surface area contributed by atoms with Crippen LogP contribution in [0.1, 0.15) is 67.7 Å². The number of carbonyl (C=O) groups excluding carboxylic acids is 3. The molecule has 184 valence electrons. The van der Waals surface area contributed by atoms with E-state index in [9.17, 15) is 27.6 Å². The van der Waals surface area contributed by atoms with Gasteiger partial charge in [-0.15, -0.1) is 0 Å². The van der Waals surface area contributed by atoms with E-state index in [1.165, 1.54) is 4.90 Å². The Morgan fingerprint density at radius 2 is 1.62 bits per heavy atom. The number of alkyl halides is 3. The van der Waals surface area contributed by atoms with Crippen molar-refractivity contribution in [3.8, 4) is 0 Å². The molecule has 3 fully saturated rings. The lowest BCUT2D eigenvalue weighted by molar-refractivity contribution is -0.176. The molecule has 7 nitrogen and oxygen atoms in total. The first-order valence-electron chi connectivity index (χ1n) is 10.9. The molecule has 2 bridgehead atoms. The topological polar surface area (TPSA) is 84.9 Å². The van der Waals surface area contributed by atoms with E-state index < -0.39 is 59.8 Å². The van der Waals surface area contributed by atoms with Crippen LogP contribution < -0.4 is 5.32 Å². The molecule has 2 amide bonds. The SMILES string of the molecule is C[C@@H]1CC2C[C@H](NC(=O)OC(C)(C)C)[C@H](OC(=O)C(C)(C)C)C1N(C(=O)CC(F)(F)F)C2. The Hall–Kier alpha value is -2.00. The number of nitrogens with zero attached hydrogens (tertiary/aromatic N) is 1. The number of piperidine rings is 1. The van der Waals surface area contributed by atoms with Gasteiger partial charge in [0.2, 0.25) is 5.91 Å². The van der Waals surface area contributed by atoms with Crippen molar-refractivity contribution in [2.45, 2.75) is 97.7 Å². The molecule has 2 aliphatic heterocycles. The Labute approximate surface area is 187 Å². The third-order valence-electron chi connectivity index (χ3n) is 5.65. The van der Waals surface area contributed by atoms with E-state index in [1.807, 2.05) is 6.92 Å². The molecule has 5 atom stereocenters. The minimum Gasteiger partial charge on any atom is -0.458 e. The molecule has 3 aliphatic rings. The van der Waals surface area contributed by atoms with Crippen molar-refractivity contribution in [2.24, 2.45) is 17.3 Å². The summed E-state index contributed by atoms with van der Waals surface area (Å²) in [7, 11) is 0. The maximum Gasteiger partial charge on any atom is 0.408 e. The number of hydrogen-bond acceptors (Lipinski definition) is 5. The number of esters is 1. The zero-order valence-electron chi connectivity index (χ0n) is 19.8. The maximum atomic E-state index is 13.0. The van der Waals surface area contributed by atoms with Gasteiger partial charge in [-0.1, -0.05) is 6.92 Å². The molecular formula is C22H35F3N2O5. The van der Waals surface area contributed by atoms with Crippen LogP contribution in [-0.2, 0) is 19.1 Å². The summed E-state index contributed by atoms with van der Waals surface area (Å²) in [5, 5.41) is 2.75. The fourth-order valence-corrected chi connectivity index (χ4v) is 4.44. The average molecular weight is 465 g/mol. The number of carbonyl (C=O) groups is 3. The van der Waals surface area contributed by atoms with Gasteiger partial charge in [-0.25, -0.2) is 4.79 Å². The number of ether oxygens (including phenoxy) is 2. The number of nitrogens with one attached hydrogen (secondary N) is 1. The van der Waals surface area contributed by atoms with E-state index >= 15 is 0 Å². The van der Waals surface area contributed by atoms with E-state index in [2.05, 4.69) is 5.32 Å². The summed E-state index contributed by atoms with van der Waals surface area (Å²) in [5.41, 5.74) is -1.63. The highest BCUT2D eigenvalue weighted by atomic mass is 19.4. The van der Waals surface area contributed by atoms with Crippen molar-refractivity contribution < 1.29 is 37.0 Å². The molecule has 0 aromatic heterocycles. The highest BCUT2D eigenvalue weighted by Gasteiger charge is 2.52. The molecule has 1 N–H and O–H groups in total. The monoisotopic (exact) mass is 464 g/mol. The first-order chi connectivity index (χ1) is 14.4. The highest BCUT2D eigenvalue weighted by Crippen LogP contribution is 2.40. The summed E-state index contributed by atoms with van der Waals surface area (Å²) in [6, 6.07) is -1.48. The van der Waals surface area contributed by atoms with Crippen molar-refractivity contribution in [3.05, 3.63) is 0 Å². The van der Waals surface area contributed by atoms with Crippen molar-refractivity contribution in [1.82, 2.24) is 10.2 Å². The smallest absolute Gasteiger partial charge is 0.408 e. The van der Waals surface area contributed by atoms with Crippen LogP contribution in [0, 0.1) is 17.3 Å². The fraction of sp³-hybridized carbons (Fsp3) is 0.864. The van der Waals surface area contributed by atoms with Crippen LogP contribution in [0.3, 0.4) is 0 Å². The molecule has 0 aromatic rings. The first kappa shape index (κ1) is 26.3. The summed E-state index contributed by atoms with van der Waals surface area (Å²) in [6.45, 7) is 12.1. The normalized spacial score (nSPS) is 28.7. The van der Waals surface area contributed by atoms with E-state index in [0.29, 0.717) is 12.8 Å². The van der Waals surface area contributed by atoms with Crippen LogP contribution in [0.4, 0.5) is 18.0 Å². The fourth-order valence-electron chi connectivity index (χ4n) is 4.44. The Morgan fingerprint density at radius 1 is 1.03 bits per heavy atom. The van der Waals surface area contributed by atoms with Gasteiger partial charge in [-0.05, 0) is 66.2 Å². The molecule has 2 unspecified atom stereocenters. The Bertz CT molecular complexity index is 727. The number of halogens is 3. The van der Waals surface area contributed by atoms with Crippen LogP contribution in [0.15, 0.2) is 0 Å². The third-order valence-corrected chi connectivity index (χ3v) is 5.65. The third kappa shape index (κ3) is 7.00. The molecule has 2 saturated heterocycles. The summed E-state index contributed by atoms with van der Waals surface area (Å²) in [6.07, 6.45) is -6.91. The van der Waals surface area contributed by atoms with Crippen LogP contribution in [0.2, 0.25) is 0 Å². The van der Waals surface area contributed by atoms with Gasteiger partial charge >= 0.3 is 18.2 Å². The van der Waals surface area contributed by atoms with Gasteiger partial charge in [0, 0.05) is 6.54 Å². The van der Waals surface area contributed by atoms with Gasteiger partial charge < -0.3 is 19.7 Å². The molecular weight excluding hydrogens is 429 g/mol. The molecule has 10 heteroatoms. The zero-order valence-corrected chi connectivity index (χ0v) is 19.8. The molecule has 0 radical (unpaired) electrons. The summed E-state index contributed by atoms with van der Waals surface area (Å²) in [5.74, 6) is -1.96. The van der Waals surface area contributed by atoms with Crippen molar-refractivity contribution >= 4 is 18.0 Å². The Morgan fingerprint density at radius 3 is 2.12 bits per heavy atom. The highest BCUT2D eigenvalue weighted by molar-refractivity contribution is 5.78. The number of fused-ring (bicyclic) bond motifs is 4. The van der Waals surface area contributed by atoms with Gasteiger partial charge in [0.05, 0.1) is 17.5 Å². The van der Waals surface area contributed by atoms with E-state index in [4.69, 9.17) is 9.47 Å². The molecule has 2 heterocycles. The number of amides is 2. The van der Waals surface area contributed by atoms with Gasteiger partial charge in [0.1, 0.15) is 18.1 Å². The van der Waals surface area contributed by atoms with Crippen molar-refractivity contribution in [2.75, 3.05) is 6.54 Å². The van der Waals surface area contributed by atoms with E-state index in [-0.39, 0.29) is 18.4 Å². The van der Waals surface area contributed by atoms with Gasteiger partial charge in [-0.2, -0.15) is 13.2 Å². The second kappa shape index (κ2) is 9.09. The summed E-state index contributed by atoms with van der Waals surface area (Å²) < 4.78 is 50.0. The van der Waals surface area contributed by atoms with Crippen LogP contribution >= 0.6 is 0 Å². The van der Waals surface area contributed by atoms with Crippen LogP contribution in [0.5, 0.6) is 0 Å². The van der Waals surface area contributed by atoms with E-state index in [0.717, 1.165) is 0 Å². The second-order valence-corrected chi connectivity index (χ2v) is 11.0. The maximum absolute atomic E-state index is 13.0. The lowest BCUT2D eigenvalue weighted by Crippen LogP contribution is -2.59. The first-order valence-corrected chi connectivity index (χ1v) is 10.9. The molecule has 32 heavy (non-hydrogen) atoms. The molecule has 1 aliphatic carbocycles. The molecule has 3 rings (SSSR count). The molecule has 0 aromatic carbocycles. The van der Waals surface area contributed by atoms with Crippen molar-refractivity contribution in [3.63, 3.8) is 0 Å². The Balaban J connectivity index is 2.39. The molecule has 1 saturated carbocycles. The van der Waals surface area contributed by atoms with Gasteiger partial charge in [-0.3, -0.25) is 9.59 Å². The number of alkyl carbamates (subject to hydrolysis) is 1. The minimum absolute atomic E-state index is 0.125. The van der Waals surface area contributed by atoms with Crippen LogP contribution in [0.25, 0.3) is 0 Å². The zero-order chi connectivity index (χ0) is 24.6. The lowest BCUT2D eigenvalue weighted by atomic mass is 9.85. The number of hydrogen-bond donors (Lipinski definition) is 1. The largest absolute Gasteiger partial charge is 0.458 e. The van der Waals surface area contributed by atoms with Crippen molar-refractivity contribution in [1.29, 1.82) is 0 Å². The second-order valence-electron chi connectivity index (χ2n) is 11.0. The predicted molar refractivity (Wildman–Crippen MR) is 111 cm³/mol. The standard InChI is InChI=1S/C22H35F3N2O5/c1-12-8-13-9-14(26-19(30)32-21(5,6)7)17(31-18(29)20(2,3)4)16(12)27(11-13)15(28)10-22(23,24)25/h12-14,16-17H,8-11H2,1-7H3,(H,26,30)/t12-,13?,14+,16?,17+/m1/s1. The van der Waals surface area contributed by atoms with Crippen LogP contribution in [-0.4, -0.2) is 59.4 Å². The van der Waals surface area contributed by atoms with Gasteiger partial charge in [0.15, 0.2) is 0 Å². The molecule has 0 spiro atoms. The quantitative estimate of drug-likeness (QED) is 0.637. The summed E-state index contributed by atoms with van der Waals surface area (Å²) >= 11 is 0. The van der Waals surface area contributed by atoms with Gasteiger partial charge in [0.25, 0.3) is 0 Å². The predicted octanol–water partition coefficient (Wildman–Crippen LogP) is 4.05. The minimum atomic E-state index is -4.64. The lowest BCUT2D eigenvalue weighted by Gasteiger charge is -2.44.